The van der Waals surface area contributed by atoms with Crippen LogP contribution in [0.3, 0.4) is 0 Å². The van der Waals surface area contributed by atoms with Gasteiger partial charge in [0.1, 0.15) is 0 Å². The smallest absolute Gasteiger partial charge is 0.191 e. The first kappa shape index (κ1) is 6.39. The van der Waals surface area contributed by atoms with Gasteiger partial charge in [0.05, 0.1) is 12.2 Å². The van der Waals surface area contributed by atoms with Crippen molar-refractivity contribution in [3.8, 4) is 0 Å². The summed E-state index contributed by atoms with van der Waals surface area (Å²) in [7, 11) is 0. The number of aryl methyl sites for hydroxylation is 1. The number of amidine groups is 1. The SMILES string of the molecule is Cc1ncoc1C1=NCCN1. The van der Waals surface area contributed by atoms with E-state index in [2.05, 4.69) is 15.3 Å². The molecule has 4 heteroatoms. The van der Waals surface area contributed by atoms with E-state index in [-0.39, 0.29) is 0 Å². The molecule has 2 rings (SSSR count). The van der Waals surface area contributed by atoms with Gasteiger partial charge in [0.2, 0.25) is 0 Å². The van der Waals surface area contributed by atoms with Crippen LogP contribution in [0, 0.1) is 6.92 Å². The maximum Gasteiger partial charge on any atom is 0.191 e. The Bertz CT molecular complexity index is 290. The monoisotopic (exact) mass is 151 g/mol. The number of aromatic nitrogens is 1. The third-order valence-electron chi connectivity index (χ3n) is 1.63. The molecule has 0 amide bonds. The fraction of sp³-hybridized carbons (Fsp3) is 0.429. The van der Waals surface area contributed by atoms with Crippen LogP contribution in [0.2, 0.25) is 0 Å². The molecule has 0 unspecified atom stereocenters. The van der Waals surface area contributed by atoms with E-state index in [0.29, 0.717) is 0 Å². The maximum absolute atomic E-state index is 5.14. The molecule has 0 atom stereocenters. The first-order valence-corrected chi connectivity index (χ1v) is 3.57. The zero-order valence-electron chi connectivity index (χ0n) is 6.29. The molecule has 1 aromatic rings. The molecule has 11 heavy (non-hydrogen) atoms. The number of rotatable bonds is 1. The third kappa shape index (κ3) is 1.00. The summed E-state index contributed by atoms with van der Waals surface area (Å²) in [4.78, 5) is 8.18. The summed E-state index contributed by atoms with van der Waals surface area (Å²) in [6.45, 7) is 3.63. The highest BCUT2D eigenvalue weighted by Crippen LogP contribution is 2.06. The van der Waals surface area contributed by atoms with Gasteiger partial charge in [-0.2, -0.15) is 0 Å². The van der Waals surface area contributed by atoms with Gasteiger partial charge < -0.3 is 9.73 Å². The van der Waals surface area contributed by atoms with E-state index in [0.717, 1.165) is 30.4 Å². The zero-order valence-corrected chi connectivity index (χ0v) is 6.29. The van der Waals surface area contributed by atoms with Crippen molar-refractivity contribution < 1.29 is 4.42 Å². The van der Waals surface area contributed by atoms with Gasteiger partial charge in [0.25, 0.3) is 0 Å². The van der Waals surface area contributed by atoms with Crippen LogP contribution in [-0.4, -0.2) is 23.9 Å². The Morgan fingerprint density at radius 2 is 2.55 bits per heavy atom. The van der Waals surface area contributed by atoms with Crippen LogP contribution in [0.1, 0.15) is 11.5 Å². The van der Waals surface area contributed by atoms with Crippen LogP contribution in [0.5, 0.6) is 0 Å². The Labute approximate surface area is 64.3 Å². The molecule has 1 aromatic heterocycles. The van der Waals surface area contributed by atoms with Crippen LogP contribution in [-0.2, 0) is 0 Å². The number of oxazole rings is 1. The molecule has 0 aliphatic carbocycles. The Morgan fingerprint density at radius 3 is 3.09 bits per heavy atom. The Morgan fingerprint density at radius 1 is 1.64 bits per heavy atom. The molecule has 2 heterocycles. The third-order valence-corrected chi connectivity index (χ3v) is 1.63. The van der Waals surface area contributed by atoms with Gasteiger partial charge in [-0.3, -0.25) is 4.99 Å². The average Bonchev–Trinajstić information content (AvgIpc) is 2.55. The topological polar surface area (TPSA) is 50.4 Å². The van der Waals surface area contributed by atoms with Crippen molar-refractivity contribution in [3.05, 3.63) is 17.8 Å². The van der Waals surface area contributed by atoms with Crippen molar-refractivity contribution in [3.63, 3.8) is 0 Å². The predicted molar refractivity (Wildman–Crippen MR) is 40.6 cm³/mol. The van der Waals surface area contributed by atoms with E-state index < -0.39 is 0 Å². The normalized spacial score (nSPS) is 16.3. The molecule has 0 bridgehead atoms. The second-order valence-corrected chi connectivity index (χ2v) is 2.42. The molecule has 58 valence electrons. The summed E-state index contributed by atoms with van der Waals surface area (Å²) >= 11 is 0. The first-order valence-electron chi connectivity index (χ1n) is 3.57. The lowest BCUT2D eigenvalue weighted by atomic mass is 10.3. The Kier molecular flexibility index (Phi) is 1.38. The van der Waals surface area contributed by atoms with Crippen molar-refractivity contribution in [1.29, 1.82) is 0 Å². The number of hydrogen-bond acceptors (Lipinski definition) is 4. The molecule has 0 saturated carbocycles. The second kappa shape index (κ2) is 2.38. The molecule has 1 aliphatic heterocycles. The quantitative estimate of drug-likeness (QED) is 0.629. The minimum atomic E-state index is 0.766. The highest BCUT2D eigenvalue weighted by atomic mass is 16.3. The van der Waals surface area contributed by atoms with Gasteiger partial charge in [-0.05, 0) is 6.92 Å². The predicted octanol–water partition coefficient (Wildman–Crippen LogP) is 0.333. The number of nitrogens with one attached hydrogen (secondary N) is 1. The van der Waals surface area contributed by atoms with Crippen molar-refractivity contribution >= 4 is 5.84 Å². The van der Waals surface area contributed by atoms with Crippen molar-refractivity contribution in [2.24, 2.45) is 4.99 Å². The fourth-order valence-corrected chi connectivity index (χ4v) is 1.08. The zero-order chi connectivity index (χ0) is 7.68. The summed E-state index contributed by atoms with van der Waals surface area (Å²) < 4.78 is 5.14. The van der Waals surface area contributed by atoms with Gasteiger partial charge in [-0.1, -0.05) is 0 Å². The highest BCUT2D eigenvalue weighted by Gasteiger charge is 2.13. The summed E-state index contributed by atoms with van der Waals surface area (Å²) in [5.74, 6) is 1.60. The molecular weight excluding hydrogens is 142 g/mol. The van der Waals surface area contributed by atoms with Crippen LogP contribution in [0.15, 0.2) is 15.8 Å². The lowest BCUT2D eigenvalue weighted by Crippen LogP contribution is -2.19. The minimum Gasteiger partial charge on any atom is -0.440 e. The molecule has 4 nitrogen and oxygen atoms in total. The maximum atomic E-state index is 5.14. The van der Waals surface area contributed by atoms with Crippen LogP contribution in [0.25, 0.3) is 0 Å². The second-order valence-electron chi connectivity index (χ2n) is 2.42. The van der Waals surface area contributed by atoms with Crippen LogP contribution in [0.4, 0.5) is 0 Å². The molecule has 0 fully saturated rings. The standard InChI is InChI=1S/C7H9N3O/c1-5-6(11-4-10-5)7-8-2-3-9-7/h4H,2-3H2,1H3,(H,8,9). The molecule has 0 saturated heterocycles. The molecule has 1 aliphatic rings. The van der Waals surface area contributed by atoms with E-state index in [1.54, 1.807) is 0 Å². The lowest BCUT2D eigenvalue weighted by Gasteiger charge is -1.96. The summed E-state index contributed by atoms with van der Waals surface area (Å²) in [5.41, 5.74) is 0.887. The van der Waals surface area contributed by atoms with E-state index in [9.17, 15) is 0 Å². The molecule has 0 aromatic carbocycles. The van der Waals surface area contributed by atoms with Crippen molar-refractivity contribution in [2.45, 2.75) is 6.92 Å². The van der Waals surface area contributed by atoms with E-state index >= 15 is 0 Å². The lowest BCUT2D eigenvalue weighted by molar-refractivity contribution is 0.545. The van der Waals surface area contributed by atoms with Crippen LogP contribution >= 0.6 is 0 Å². The minimum absolute atomic E-state index is 0.766. The van der Waals surface area contributed by atoms with Crippen LogP contribution < -0.4 is 5.32 Å². The molecular formula is C7H9N3O. The van der Waals surface area contributed by atoms with Gasteiger partial charge in [0, 0.05) is 6.54 Å². The summed E-state index contributed by atoms with van der Waals surface area (Å²) in [6, 6.07) is 0. The first-order chi connectivity index (χ1) is 5.38. The van der Waals surface area contributed by atoms with E-state index in [4.69, 9.17) is 4.42 Å². The van der Waals surface area contributed by atoms with Crippen molar-refractivity contribution in [2.75, 3.05) is 13.1 Å². The molecule has 0 spiro atoms. The molecule has 1 N–H and O–H groups in total. The van der Waals surface area contributed by atoms with E-state index in [1.807, 2.05) is 6.92 Å². The highest BCUT2D eigenvalue weighted by molar-refractivity contribution is 5.98. The fourth-order valence-electron chi connectivity index (χ4n) is 1.08. The van der Waals surface area contributed by atoms with E-state index in [1.165, 1.54) is 6.39 Å². The summed E-state index contributed by atoms with van der Waals surface area (Å²) in [6.07, 6.45) is 1.44. The van der Waals surface area contributed by atoms with Gasteiger partial charge in [0.15, 0.2) is 18.0 Å². The average molecular weight is 151 g/mol. The Balaban J connectivity index is 2.35. The number of aliphatic imine (C=N–C) groups is 1. The molecule has 0 radical (unpaired) electrons. The van der Waals surface area contributed by atoms with Crippen molar-refractivity contribution in [1.82, 2.24) is 10.3 Å². The largest absolute Gasteiger partial charge is 0.440 e. The van der Waals surface area contributed by atoms with Gasteiger partial charge in [-0.15, -0.1) is 0 Å². The number of nitrogens with zero attached hydrogens (tertiary/aromatic N) is 2. The van der Waals surface area contributed by atoms with Gasteiger partial charge in [-0.25, -0.2) is 4.98 Å². The number of hydrogen-bond donors (Lipinski definition) is 1. The Hall–Kier alpha value is -1.32. The summed E-state index contributed by atoms with van der Waals surface area (Å²) in [5, 5.41) is 3.12. The van der Waals surface area contributed by atoms with Gasteiger partial charge >= 0.3 is 0 Å².